The van der Waals surface area contributed by atoms with Crippen molar-refractivity contribution < 1.29 is 8.42 Å². The van der Waals surface area contributed by atoms with Crippen molar-refractivity contribution in [2.24, 2.45) is 0 Å². The molecular formula is C21H15BrClN3O3S. The Hall–Kier alpha value is -2.68. The standard InChI is InChI=1S/C21H15BrClN3O3S/c1-13-24-19-5-3-2-4-17(19)21(27)26(13)15-8-11-18(23)20(12-15)25-30(28,29)16-9-6-14(22)7-10-16/h2-12,25H,1H3. The molecule has 0 aliphatic heterocycles. The molecule has 1 N–H and O–H groups in total. The SMILES string of the molecule is Cc1nc2ccccc2c(=O)n1-c1ccc(Cl)c(NS(=O)(=O)c2ccc(Br)cc2)c1. The van der Waals surface area contributed by atoms with Crippen LogP contribution >= 0.6 is 27.5 Å². The van der Waals surface area contributed by atoms with Gasteiger partial charge in [0.05, 0.1) is 32.2 Å². The number of benzene rings is 3. The molecule has 9 heteroatoms. The molecule has 0 spiro atoms. The molecular weight excluding hydrogens is 490 g/mol. The van der Waals surface area contributed by atoms with Crippen molar-refractivity contribution in [3.8, 4) is 5.69 Å². The van der Waals surface area contributed by atoms with E-state index in [4.69, 9.17) is 11.6 Å². The van der Waals surface area contributed by atoms with E-state index in [2.05, 4.69) is 25.6 Å². The van der Waals surface area contributed by atoms with Crippen LogP contribution in [-0.4, -0.2) is 18.0 Å². The van der Waals surface area contributed by atoms with Crippen LogP contribution in [0.5, 0.6) is 0 Å². The Morgan fingerprint density at radius 3 is 2.47 bits per heavy atom. The summed E-state index contributed by atoms with van der Waals surface area (Å²) in [6.07, 6.45) is 0. The molecule has 1 heterocycles. The molecule has 3 aromatic carbocycles. The van der Waals surface area contributed by atoms with Gasteiger partial charge in [-0.2, -0.15) is 0 Å². The number of nitrogens with one attached hydrogen (secondary N) is 1. The van der Waals surface area contributed by atoms with Gasteiger partial charge in [-0.25, -0.2) is 13.4 Å². The van der Waals surface area contributed by atoms with Gasteiger partial charge < -0.3 is 0 Å². The molecule has 4 rings (SSSR count). The van der Waals surface area contributed by atoms with Crippen LogP contribution in [0.3, 0.4) is 0 Å². The quantitative estimate of drug-likeness (QED) is 0.428. The maximum atomic E-state index is 13.0. The molecule has 0 saturated heterocycles. The Labute approximate surface area is 186 Å². The lowest BCUT2D eigenvalue weighted by molar-refractivity contribution is 0.601. The van der Waals surface area contributed by atoms with Gasteiger partial charge in [0.2, 0.25) is 0 Å². The summed E-state index contributed by atoms with van der Waals surface area (Å²) in [6.45, 7) is 1.72. The first kappa shape index (κ1) is 20.6. The molecule has 0 saturated carbocycles. The zero-order valence-electron chi connectivity index (χ0n) is 15.6. The van der Waals surface area contributed by atoms with Crippen molar-refractivity contribution in [1.82, 2.24) is 9.55 Å². The van der Waals surface area contributed by atoms with Crippen LogP contribution in [0.25, 0.3) is 16.6 Å². The topological polar surface area (TPSA) is 81.1 Å². The molecule has 0 bridgehead atoms. The van der Waals surface area contributed by atoms with Crippen LogP contribution in [-0.2, 0) is 10.0 Å². The van der Waals surface area contributed by atoms with Crippen molar-refractivity contribution in [2.75, 3.05) is 4.72 Å². The van der Waals surface area contributed by atoms with Gasteiger partial charge >= 0.3 is 0 Å². The normalized spacial score (nSPS) is 11.6. The molecule has 6 nitrogen and oxygen atoms in total. The fourth-order valence-electron chi connectivity index (χ4n) is 3.10. The van der Waals surface area contributed by atoms with Gasteiger partial charge in [-0.3, -0.25) is 14.1 Å². The molecule has 0 atom stereocenters. The molecule has 1 aromatic heterocycles. The second kappa shape index (κ2) is 7.86. The van der Waals surface area contributed by atoms with Crippen LogP contribution in [0, 0.1) is 6.92 Å². The number of para-hydroxylation sites is 1. The van der Waals surface area contributed by atoms with Gasteiger partial charge in [-0.15, -0.1) is 0 Å². The van der Waals surface area contributed by atoms with Gasteiger partial charge in [0.15, 0.2) is 0 Å². The number of aryl methyl sites for hydroxylation is 1. The molecule has 4 aromatic rings. The summed E-state index contributed by atoms with van der Waals surface area (Å²) in [6, 6.07) is 18.0. The van der Waals surface area contributed by atoms with E-state index in [0.717, 1.165) is 4.47 Å². The third-order valence-electron chi connectivity index (χ3n) is 4.52. The molecule has 0 fully saturated rings. The van der Waals surface area contributed by atoms with Gasteiger partial charge in [0, 0.05) is 4.47 Å². The van der Waals surface area contributed by atoms with E-state index in [1.165, 1.54) is 28.8 Å². The van der Waals surface area contributed by atoms with E-state index < -0.39 is 10.0 Å². The van der Waals surface area contributed by atoms with Gasteiger partial charge in [0.1, 0.15) is 5.82 Å². The number of fused-ring (bicyclic) bond motifs is 1. The average Bonchev–Trinajstić information content (AvgIpc) is 2.70. The number of nitrogens with zero attached hydrogens (tertiary/aromatic N) is 2. The van der Waals surface area contributed by atoms with Crippen LogP contribution in [0.4, 0.5) is 5.69 Å². The highest BCUT2D eigenvalue weighted by Crippen LogP contribution is 2.28. The molecule has 30 heavy (non-hydrogen) atoms. The summed E-state index contributed by atoms with van der Waals surface area (Å²) in [7, 11) is -3.86. The first-order valence-corrected chi connectivity index (χ1v) is 11.5. The number of aromatic nitrogens is 2. The molecule has 0 amide bonds. The minimum atomic E-state index is -3.86. The van der Waals surface area contributed by atoms with E-state index in [0.29, 0.717) is 22.4 Å². The van der Waals surface area contributed by atoms with Crippen LogP contribution < -0.4 is 10.3 Å². The number of hydrogen-bond acceptors (Lipinski definition) is 4. The molecule has 0 aliphatic carbocycles. The minimum Gasteiger partial charge on any atom is -0.278 e. The highest BCUT2D eigenvalue weighted by atomic mass is 79.9. The summed E-state index contributed by atoms with van der Waals surface area (Å²) in [5.74, 6) is 0.475. The Kier molecular flexibility index (Phi) is 5.40. The fourth-order valence-corrected chi connectivity index (χ4v) is 4.65. The van der Waals surface area contributed by atoms with E-state index in [-0.39, 0.29) is 21.2 Å². The first-order chi connectivity index (χ1) is 14.3. The van der Waals surface area contributed by atoms with Gasteiger partial charge in [0.25, 0.3) is 15.6 Å². The molecule has 0 aliphatic rings. The summed E-state index contributed by atoms with van der Waals surface area (Å²) in [4.78, 5) is 17.6. The lowest BCUT2D eigenvalue weighted by Gasteiger charge is -2.14. The van der Waals surface area contributed by atoms with Crippen LogP contribution in [0.1, 0.15) is 5.82 Å². The van der Waals surface area contributed by atoms with E-state index in [1.54, 1.807) is 43.3 Å². The zero-order chi connectivity index (χ0) is 21.5. The van der Waals surface area contributed by atoms with Crippen molar-refractivity contribution in [2.45, 2.75) is 11.8 Å². The summed E-state index contributed by atoms with van der Waals surface area (Å²) < 4.78 is 30.2. The maximum Gasteiger partial charge on any atom is 0.265 e. The number of hydrogen-bond donors (Lipinski definition) is 1. The monoisotopic (exact) mass is 503 g/mol. The van der Waals surface area contributed by atoms with Gasteiger partial charge in [-0.05, 0) is 61.5 Å². The number of sulfonamides is 1. The summed E-state index contributed by atoms with van der Waals surface area (Å²) in [5, 5.41) is 0.675. The summed E-state index contributed by atoms with van der Waals surface area (Å²) in [5.41, 5.74) is 0.966. The highest BCUT2D eigenvalue weighted by Gasteiger charge is 2.17. The molecule has 152 valence electrons. The second-order valence-electron chi connectivity index (χ2n) is 6.54. The maximum absolute atomic E-state index is 13.0. The fraction of sp³-hybridized carbons (Fsp3) is 0.0476. The largest absolute Gasteiger partial charge is 0.278 e. The Morgan fingerprint density at radius 2 is 1.73 bits per heavy atom. The van der Waals surface area contributed by atoms with E-state index >= 15 is 0 Å². The number of anilines is 1. The molecule has 0 unspecified atom stereocenters. The van der Waals surface area contributed by atoms with Gasteiger partial charge in [-0.1, -0.05) is 39.7 Å². The second-order valence-corrected chi connectivity index (χ2v) is 9.55. The highest BCUT2D eigenvalue weighted by molar-refractivity contribution is 9.10. The van der Waals surface area contributed by atoms with Crippen molar-refractivity contribution in [3.05, 3.63) is 92.4 Å². The smallest absolute Gasteiger partial charge is 0.265 e. The van der Waals surface area contributed by atoms with Crippen molar-refractivity contribution in [3.63, 3.8) is 0 Å². The third kappa shape index (κ3) is 3.86. The zero-order valence-corrected chi connectivity index (χ0v) is 18.8. The Bertz CT molecular complexity index is 1430. The Morgan fingerprint density at radius 1 is 1.03 bits per heavy atom. The van der Waals surface area contributed by atoms with E-state index in [9.17, 15) is 13.2 Å². The van der Waals surface area contributed by atoms with Crippen LogP contribution in [0.2, 0.25) is 5.02 Å². The predicted molar refractivity (Wildman–Crippen MR) is 122 cm³/mol. The minimum absolute atomic E-state index is 0.0906. The first-order valence-electron chi connectivity index (χ1n) is 8.83. The number of halogens is 2. The lowest BCUT2D eigenvalue weighted by Crippen LogP contribution is -2.22. The molecule has 0 radical (unpaired) electrons. The summed E-state index contributed by atoms with van der Waals surface area (Å²) >= 11 is 9.52. The average molecular weight is 505 g/mol. The Balaban J connectivity index is 1.81. The van der Waals surface area contributed by atoms with E-state index in [1.807, 2.05) is 6.07 Å². The van der Waals surface area contributed by atoms with Crippen LogP contribution in [0.15, 0.2) is 80.9 Å². The predicted octanol–water partition coefficient (Wildman–Crippen LogP) is 4.91. The number of rotatable bonds is 4. The lowest BCUT2D eigenvalue weighted by atomic mass is 10.2. The van der Waals surface area contributed by atoms with Crippen molar-refractivity contribution >= 4 is 54.1 Å². The van der Waals surface area contributed by atoms with Crippen molar-refractivity contribution in [1.29, 1.82) is 0 Å². The third-order valence-corrected chi connectivity index (χ3v) is 6.76.